The molecule has 0 atom stereocenters. The molecule has 112 valence electrons. The van der Waals surface area contributed by atoms with Crippen LogP contribution in [0.3, 0.4) is 0 Å². The number of aliphatic hydroxyl groups excluding tert-OH is 1. The zero-order valence-corrected chi connectivity index (χ0v) is 12.6. The first-order chi connectivity index (χ1) is 10.0. The summed E-state index contributed by atoms with van der Waals surface area (Å²) in [5.74, 6) is -0.0715. The number of carbonyl (C=O) groups is 1. The third-order valence-electron chi connectivity index (χ3n) is 3.60. The van der Waals surface area contributed by atoms with Crippen LogP contribution in [-0.4, -0.2) is 29.1 Å². The van der Waals surface area contributed by atoms with Gasteiger partial charge in [-0.05, 0) is 42.5 Å². The zero-order valence-electron chi connectivity index (χ0n) is 12.6. The fourth-order valence-corrected chi connectivity index (χ4v) is 2.28. The number of rotatable bonds is 6. The smallest absolute Gasteiger partial charge is 0.251 e. The minimum absolute atomic E-state index is 0.0171. The minimum Gasteiger partial charge on any atom is -0.396 e. The lowest BCUT2D eigenvalue weighted by molar-refractivity contribution is 0.0933. The second-order valence-electron chi connectivity index (χ2n) is 6.08. The summed E-state index contributed by atoms with van der Waals surface area (Å²) in [6, 6.07) is 9.33. The molecule has 1 aromatic heterocycles. The monoisotopic (exact) mass is 286 g/mol. The van der Waals surface area contributed by atoms with Crippen molar-refractivity contribution in [2.45, 2.75) is 26.7 Å². The van der Waals surface area contributed by atoms with Crippen molar-refractivity contribution in [2.24, 2.45) is 5.41 Å². The van der Waals surface area contributed by atoms with Crippen molar-refractivity contribution < 1.29 is 9.90 Å². The van der Waals surface area contributed by atoms with Gasteiger partial charge in [0.1, 0.15) is 0 Å². The Balaban J connectivity index is 2.02. The molecule has 0 aliphatic carbocycles. The number of hydrogen-bond donors (Lipinski definition) is 2. The highest BCUT2D eigenvalue weighted by atomic mass is 16.2. The molecular weight excluding hydrogens is 264 g/mol. The number of amides is 1. The van der Waals surface area contributed by atoms with Crippen molar-refractivity contribution in [1.29, 1.82) is 0 Å². The summed E-state index contributed by atoms with van der Waals surface area (Å²) in [7, 11) is 0. The largest absolute Gasteiger partial charge is 0.396 e. The van der Waals surface area contributed by atoms with E-state index in [2.05, 4.69) is 24.1 Å². The van der Waals surface area contributed by atoms with E-state index in [4.69, 9.17) is 5.11 Å². The normalized spacial score (nSPS) is 11.6. The van der Waals surface area contributed by atoms with Gasteiger partial charge in [0.2, 0.25) is 0 Å². The van der Waals surface area contributed by atoms with Gasteiger partial charge in [0, 0.05) is 30.3 Å². The molecule has 1 heterocycles. The molecule has 0 unspecified atom stereocenters. The molecule has 0 bridgehead atoms. The summed E-state index contributed by atoms with van der Waals surface area (Å²) in [6.45, 7) is 4.96. The molecule has 2 aromatic rings. The maximum absolute atomic E-state index is 12.2. The summed E-state index contributed by atoms with van der Waals surface area (Å²) in [6.07, 6.45) is 3.38. The van der Waals surface area contributed by atoms with E-state index in [1.165, 1.54) is 0 Å². The molecule has 2 N–H and O–H groups in total. The quantitative estimate of drug-likeness (QED) is 0.858. The Kier molecular flexibility index (Phi) is 4.91. The van der Waals surface area contributed by atoms with Crippen molar-refractivity contribution in [3.05, 3.63) is 42.1 Å². The number of nitrogens with one attached hydrogen (secondary N) is 1. The number of aromatic nitrogens is 1. The molecule has 1 aromatic carbocycles. The van der Waals surface area contributed by atoms with Gasteiger partial charge in [-0.3, -0.25) is 9.78 Å². The average Bonchev–Trinajstić information content (AvgIpc) is 2.50. The number of aliphatic hydroxyl groups is 1. The van der Waals surface area contributed by atoms with Crippen LogP contribution in [0.25, 0.3) is 10.9 Å². The van der Waals surface area contributed by atoms with Gasteiger partial charge in [0.05, 0.1) is 5.52 Å². The third kappa shape index (κ3) is 4.26. The Morgan fingerprint density at radius 3 is 2.90 bits per heavy atom. The Morgan fingerprint density at radius 2 is 2.14 bits per heavy atom. The lowest BCUT2D eigenvalue weighted by atomic mass is 9.88. The van der Waals surface area contributed by atoms with Crippen LogP contribution in [0.2, 0.25) is 0 Å². The molecule has 1 amide bonds. The van der Waals surface area contributed by atoms with Gasteiger partial charge in [-0.2, -0.15) is 0 Å². The third-order valence-corrected chi connectivity index (χ3v) is 3.60. The summed E-state index contributed by atoms with van der Waals surface area (Å²) in [4.78, 5) is 16.5. The summed E-state index contributed by atoms with van der Waals surface area (Å²) < 4.78 is 0. The van der Waals surface area contributed by atoms with Gasteiger partial charge in [-0.25, -0.2) is 0 Å². The minimum atomic E-state index is -0.0715. The number of benzene rings is 1. The van der Waals surface area contributed by atoms with E-state index in [0.717, 1.165) is 23.7 Å². The first kappa shape index (κ1) is 15.4. The first-order valence-corrected chi connectivity index (χ1v) is 7.26. The van der Waals surface area contributed by atoms with Crippen molar-refractivity contribution in [3.8, 4) is 0 Å². The molecule has 21 heavy (non-hydrogen) atoms. The van der Waals surface area contributed by atoms with Crippen molar-refractivity contribution in [3.63, 3.8) is 0 Å². The van der Waals surface area contributed by atoms with Crippen LogP contribution in [0.5, 0.6) is 0 Å². The number of hydrogen-bond acceptors (Lipinski definition) is 3. The van der Waals surface area contributed by atoms with E-state index < -0.39 is 0 Å². The topological polar surface area (TPSA) is 62.2 Å². The highest BCUT2D eigenvalue weighted by Gasteiger charge is 2.18. The summed E-state index contributed by atoms with van der Waals surface area (Å²) in [5, 5.41) is 12.8. The van der Waals surface area contributed by atoms with Gasteiger partial charge in [0.15, 0.2) is 0 Å². The van der Waals surface area contributed by atoms with Gasteiger partial charge in [-0.1, -0.05) is 19.9 Å². The van der Waals surface area contributed by atoms with Crippen LogP contribution in [-0.2, 0) is 0 Å². The molecule has 4 heteroatoms. The van der Waals surface area contributed by atoms with E-state index in [9.17, 15) is 4.79 Å². The lowest BCUT2D eigenvalue weighted by Crippen LogP contribution is -2.34. The van der Waals surface area contributed by atoms with Crippen LogP contribution in [0.4, 0.5) is 0 Å². The lowest BCUT2D eigenvalue weighted by Gasteiger charge is -2.24. The average molecular weight is 286 g/mol. The van der Waals surface area contributed by atoms with Gasteiger partial charge >= 0.3 is 0 Å². The number of fused-ring (bicyclic) bond motifs is 1. The molecule has 0 aliphatic rings. The highest BCUT2D eigenvalue weighted by Crippen LogP contribution is 2.21. The molecule has 0 radical (unpaired) electrons. The Bertz CT molecular complexity index is 623. The second kappa shape index (κ2) is 6.68. The predicted octanol–water partition coefficient (Wildman–Crippen LogP) is 2.76. The molecule has 4 nitrogen and oxygen atoms in total. The SMILES string of the molecule is CC(C)(CCCO)CNC(=O)c1ccc2ncccc2c1. The van der Waals surface area contributed by atoms with E-state index in [1.807, 2.05) is 24.3 Å². The standard InChI is InChI=1S/C17H22N2O2/c1-17(2,8-4-10-20)12-19-16(21)14-6-7-15-13(11-14)5-3-9-18-15/h3,5-7,9,11,20H,4,8,10,12H2,1-2H3,(H,19,21). The highest BCUT2D eigenvalue weighted by molar-refractivity contribution is 5.97. The number of carbonyl (C=O) groups excluding carboxylic acids is 1. The van der Waals surface area contributed by atoms with E-state index >= 15 is 0 Å². The zero-order chi connectivity index (χ0) is 15.3. The van der Waals surface area contributed by atoms with Crippen LogP contribution < -0.4 is 5.32 Å². The summed E-state index contributed by atoms with van der Waals surface area (Å²) >= 11 is 0. The number of pyridine rings is 1. The van der Waals surface area contributed by atoms with Gasteiger partial charge in [0.25, 0.3) is 5.91 Å². The molecule has 0 fully saturated rings. The van der Waals surface area contributed by atoms with E-state index in [-0.39, 0.29) is 17.9 Å². The van der Waals surface area contributed by atoms with E-state index in [0.29, 0.717) is 12.1 Å². The number of nitrogens with zero attached hydrogens (tertiary/aromatic N) is 1. The van der Waals surface area contributed by atoms with Crippen molar-refractivity contribution in [1.82, 2.24) is 10.3 Å². The van der Waals surface area contributed by atoms with Crippen molar-refractivity contribution in [2.75, 3.05) is 13.2 Å². The molecular formula is C17H22N2O2. The van der Waals surface area contributed by atoms with Crippen LogP contribution in [0.1, 0.15) is 37.0 Å². The molecule has 0 saturated carbocycles. The maximum Gasteiger partial charge on any atom is 0.251 e. The van der Waals surface area contributed by atoms with Crippen LogP contribution >= 0.6 is 0 Å². The molecule has 0 aliphatic heterocycles. The fraction of sp³-hybridized carbons (Fsp3) is 0.412. The van der Waals surface area contributed by atoms with Crippen molar-refractivity contribution >= 4 is 16.8 Å². The Labute approximate surface area is 125 Å². The predicted molar refractivity (Wildman–Crippen MR) is 84.2 cm³/mol. The molecule has 2 rings (SSSR count). The maximum atomic E-state index is 12.2. The van der Waals surface area contributed by atoms with Gasteiger partial charge < -0.3 is 10.4 Å². The van der Waals surface area contributed by atoms with Gasteiger partial charge in [-0.15, -0.1) is 0 Å². The Hall–Kier alpha value is -1.94. The summed E-state index contributed by atoms with van der Waals surface area (Å²) in [5.41, 5.74) is 1.52. The van der Waals surface area contributed by atoms with Crippen LogP contribution in [0.15, 0.2) is 36.5 Å². The second-order valence-corrected chi connectivity index (χ2v) is 6.08. The first-order valence-electron chi connectivity index (χ1n) is 7.26. The Morgan fingerprint density at radius 1 is 1.33 bits per heavy atom. The van der Waals surface area contributed by atoms with Crippen LogP contribution in [0, 0.1) is 5.41 Å². The fourth-order valence-electron chi connectivity index (χ4n) is 2.28. The van der Waals surface area contributed by atoms with E-state index in [1.54, 1.807) is 12.3 Å². The molecule has 0 spiro atoms. The molecule has 0 saturated heterocycles.